The highest BCUT2D eigenvalue weighted by atomic mass is 32.2. The minimum absolute atomic E-state index is 0.0810. The number of fused-ring (bicyclic) bond motifs is 6. The third kappa shape index (κ3) is 4.57. The largest absolute Gasteiger partial charge is 0.485 e. The third-order valence-corrected chi connectivity index (χ3v) is 10.0. The van der Waals surface area contributed by atoms with Gasteiger partial charge in [-0.25, -0.2) is 19.9 Å². The number of benzene rings is 2. The highest BCUT2D eigenvalue weighted by molar-refractivity contribution is 7.87. The zero-order valence-corrected chi connectivity index (χ0v) is 23.2. The molecule has 2 aliphatic heterocycles. The molecule has 41 heavy (non-hydrogen) atoms. The molecule has 0 saturated carbocycles. The fourth-order valence-electron chi connectivity index (χ4n) is 6.12. The van der Waals surface area contributed by atoms with Crippen molar-refractivity contribution >= 4 is 44.1 Å². The van der Waals surface area contributed by atoms with Gasteiger partial charge in [0.1, 0.15) is 41.1 Å². The predicted octanol–water partition coefficient (Wildman–Crippen LogP) is 5.58. The van der Waals surface area contributed by atoms with Crippen molar-refractivity contribution in [1.82, 2.24) is 19.9 Å². The molecule has 0 amide bonds. The van der Waals surface area contributed by atoms with Crippen molar-refractivity contribution in [2.45, 2.75) is 49.6 Å². The van der Waals surface area contributed by atoms with Crippen molar-refractivity contribution in [2.75, 3.05) is 0 Å². The number of hydrogen-bond donors (Lipinski definition) is 1. The van der Waals surface area contributed by atoms with E-state index in [2.05, 4.69) is 26.9 Å². The zero-order chi connectivity index (χ0) is 28.2. The summed E-state index contributed by atoms with van der Waals surface area (Å²) in [6.45, 7) is 2.09. The fraction of sp³-hybridized carbons (Fsp3) is 0.290. The highest BCUT2D eigenvalue weighted by Gasteiger charge is 2.47. The molecule has 0 spiro atoms. The topological polar surface area (TPSA) is 124 Å². The average Bonchev–Trinajstić information content (AvgIpc) is 2.98. The van der Waals surface area contributed by atoms with Crippen molar-refractivity contribution in [1.29, 1.82) is 0 Å². The van der Waals surface area contributed by atoms with E-state index in [0.29, 0.717) is 18.6 Å². The highest BCUT2D eigenvalue weighted by Crippen LogP contribution is 2.46. The molecule has 9 nitrogen and oxygen atoms in total. The lowest BCUT2D eigenvalue weighted by molar-refractivity contribution is 0.165. The smallest absolute Gasteiger partial charge is 0.274 e. The first-order valence-corrected chi connectivity index (χ1v) is 15.0. The summed E-state index contributed by atoms with van der Waals surface area (Å²) >= 11 is 0. The summed E-state index contributed by atoms with van der Waals surface area (Å²) in [5, 5.41) is 1.61. The number of hydrogen-bond acceptors (Lipinski definition) is 8. The summed E-state index contributed by atoms with van der Waals surface area (Å²) in [6, 6.07) is 7.74. The maximum Gasteiger partial charge on any atom is 0.274 e. The molecule has 7 rings (SSSR count). The van der Waals surface area contributed by atoms with Gasteiger partial charge in [0.15, 0.2) is 0 Å². The van der Waals surface area contributed by atoms with Crippen LogP contribution in [0.5, 0.6) is 11.5 Å². The van der Waals surface area contributed by atoms with E-state index in [1.54, 1.807) is 18.5 Å². The van der Waals surface area contributed by atoms with Crippen molar-refractivity contribution in [3.63, 3.8) is 0 Å². The van der Waals surface area contributed by atoms with Gasteiger partial charge in [0, 0.05) is 29.9 Å². The van der Waals surface area contributed by atoms with Crippen LogP contribution in [-0.2, 0) is 10.1 Å². The Hall–Kier alpha value is -4.15. The van der Waals surface area contributed by atoms with E-state index in [9.17, 15) is 13.0 Å². The summed E-state index contributed by atoms with van der Waals surface area (Å²) in [4.78, 5) is 16.9. The summed E-state index contributed by atoms with van der Waals surface area (Å²) in [5.41, 5.74) is 3.06. The van der Waals surface area contributed by atoms with Crippen LogP contribution in [0.4, 0.5) is 0 Å². The fourth-order valence-corrected chi connectivity index (χ4v) is 7.09. The van der Waals surface area contributed by atoms with Crippen molar-refractivity contribution < 1.29 is 22.4 Å². The van der Waals surface area contributed by atoms with Gasteiger partial charge in [0.05, 0.1) is 21.8 Å². The molecule has 3 aliphatic rings. The molecule has 4 atom stereocenters. The number of nitrogens with zero attached hydrogens (tertiary/aromatic N) is 4. The number of ether oxygens (including phenoxy) is 2. The molecule has 1 N–H and O–H groups in total. The summed E-state index contributed by atoms with van der Waals surface area (Å²) in [6.07, 6.45) is 18.6. The second-order valence-electron chi connectivity index (χ2n) is 11.3. The molecule has 1 aliphatic carbocycles. The Bertz CT molecular complexity index is 1890. The summed E-state index contributed by atoms with van der Waals surface area (Å²) in [7, 11) is -4.44. The normalized spacial score (nSPS) is 26.8. The standard InChI is InChI=1S/C31H28N4O5S/c1-30(14-22-6-2-20-4-8-26-24(28(20)39-22)16-32-18-34-26)10-12-31(13-11-30,41(36,37)38)15-23-7-3-21-5-9-27-25(29(21)40-23)17-33-19-35-27/h2-10,12,16-19,22-23H,11,13-15H2,1H3,(H,36,37,38). The lowest BCUT2D eigenvalue weighted by atomic mass is 9.72. The van der Waals surface area contributed by atoms with Gasteiger partial charge in [-0.15, -0.1) is 0 Å². The van der Waals surface area contributed by atoms with Gasteiger partial charge in [-0.3, -0.25) is 4.55 Å². The maximum atomic E-state index is 12.9. The van der Waals surface area contributed by atoms with Gasteiger partial charge >= 0.3 is 0 Å². The van der Waals surface area contributed by atoms with Crippen LogP contribution < -0.4 is 9.47 Å². The molecule has 0 saturated heterocycles. The van der Waals surface area contributed by atoms with Crippen LogP contribution in [0.25, 0.3) is 34.0 Å². The molecule has 10 heteroatoms. The van der Waals surface area contributed by atoms with E-state index in [0.717, 1.165) is 38.7 Å². The van der Waals surface area contributed by atoms with Crippen LogP contribution in [0, 0.1) is 5.41 Å². The van der Waals surface area contributed by atoms with E-state index in [4.69, 9.17) is 9.47 Å². The first-order valence-electron chi connectivity index (χ1n) is 13.5. The van der Waals surface area contributed by atoms with Crippen LogP contribution >= 0.6 is 0 Å². The minimum Gasteiger partial charge on any atom is -0.485 e. The van der Waals surface area contributed by atoms with Gasteiger partial charge < -0.3 is 9.47 Å². The van der Waals surface area contributed by atoms with Gasteiger partial charge in [-0.05, 0) is 61.1 Å². The lowest BCUT2D eigenvalue weighted by Gasteiger charge is -2.41. The third-order valence-electron chi connectivity index (χ3n) is 8.50. The Morgan fingerprint density at radius 2 is 1.39 bits per heavy atom. The van der Waals surface area contributed by atoms with Crippen LogP contribution in [0.15, 0.2) is 73.6 Å². The average molecular weight is 569 g/mol. The summed E-state index contributed by atoms with van der Waals surface area (Å²) < 4.78 is 47.4. The molecule has 4 aromatic rings. The SMILES string of the molecule is CC1(CC2C=Cc3ccc4ncncc4c3O2)C=CC(CC2C=Cc3ccc4ncncc4c3O2)(S(=O)(=O)O)CC1. The van der Waals surface area contributed by atoms with E-state index >= 15 is 0 Å². The Labute approximate surface area is 237 Å². The van der Waals surface area contributed by atoms with E-state index < -0.39 is 21.0 Å². The molecule has 0 radical (unpaired) electrons. The minimum atomic E-state index is -4.44. The van der Waals surface area contributed by atoms with Gasteiger partial charge in [-0.2, -0.15) is 8.42 Å². The molecule has 2 aromatic carbocycles. The van der Waals surface area contributed by atoms with E-state index in [1.807, 2.05) is 54.6 Å². The number of rotatable bonds is 5. The Balaban J connectivity index is 1.12. The lowest BCUT2D eigenvalue weighted by Crippen LogP contribution is -2.45. The maximum absolute atomic E-state index is 12.9. The van der Waals surface area contributed by atoms with Crippen LogP contribution in [0.1, 0.15) is 43.7 Å². The van der Waals surface area contributed by atoms with Crippen molar-refractivity contribution in [3.8, 4) is 11.5 Å². The second-order valence-corrected chi connectivity index (χ2v) is 13.1. The summed E-state index contributed by atoms with van der Waals surface area (Å²) in [5.74, 6) is 1.37. The molecule has 2 aromatic heterocycles. The quantitative estimate of drug-likeness (QED) is 0.242. The Morgan fingerprint density at radius 1 is 0.829 bits per heavy atom. The molecule has 0 fully saturated rings. The van der Waals surface area contributed by atoms with Crippen LogP contribution in [0.3, 0.4) is 0 Å². The van der Waals surface area contributed by atoms with Crippen molar-refractivity contribution in [2.24, 2.45) is 5.41 Å². The first-order chi connectivity index (χ1) is 19.7. The zero-order valence-electron chi connectivity index (χ0n) is 22.3. The second kappa shape index (κ2) is 9.46. The predicted molar refractivity (Wildman–Crippen MR) is 156 cm³/mol. The van der Waals surface area contributed by atoms with E-state index in [-0.39, 0.29) is 24.4 Å². The molecule has 0 bridgehead atoms. The molecule has 4 heterocycles. The van der Waals surface area contributed by atoms with Gasteiger partial charge in [0.2, 0.25) is 0 Å². The monoisotopic (exact) mass is 568 g/mol. The van der Waals surface area contributed by atoms with Gasteiger partial charge in [-0.1, -0.05) is 31.2 Å². The van der Waals surface area contributed by atoms with E-state index in [1.165, 1.54) is 12.7 Å². The Kier molecular flexibility index (Phi) is 5.95. The molecule has 208 valence electrons. The van der Waals surface area contributed by atoms with Crippen LogP contribution in [0.2, 0.25) is 0 Å². The van der Waals surface area contributed by atoms with Gasteiger partial charge in [0.25, 0.3) is 10.1 Å². The molecular formula is C31H28N4O5S. The molecular weight excluding hydrogens is 540 g/mol. The van der Waals surface area contributed by atoms with Crippen LogP contribution in [-0.4, -0.2) is 49.9 Å². The molecule has 4 unspecified atom stereocenters. The first kappa shape index (κ1) is 25.8. The van der Waals surface area contributed by atoms with Crippen molar-refractivity contribution in [3.05, 3.63) is 84.7 Å². The number of aromatic nitrogens is 4. The number of allylic oxidation sites excluding steroid dienone is 1. The Morgan fingerprint density at radius 3 is 1.90 bits per heavy atom.